The number of rotatable bonds is 11. The van der Waals surface area contributed by atoms with Crippen LogP contribution < -0.4 is 30.5 Å². The summed E-state index contributed by atoms with van der Waals surface area (Å²) in [6.07, 6.45) is 1.48. The Morgan fingerprint density at radius 3 is 2.40 bits per heavy atom. The standard InChI is InChI=1S/C27H30N6O8S/c1-15(34)29-20-10-11-28-33(20)26-32-31-25(42-26)30-23(35)19-14-16(21-17(37-5)8-7-9-18(21)38-6)22(24(36)41-19)39-12-13-40-27(2,3)4/h7-11,14H,12-13H2,1-6H3,(H,29,34)(H,30,31,35). The summed E-state index contributed by atoms with van der Waals surface area (Å²) in [6, 6.07) is 8.05. The monoisotopic (exact) mass is 598 g/mol. The highest BCUT2D eigenvalue weighted by molar-refractivity contribution is 7.17. The smallest absolute Gasteiger partial charge is 0.379 e. The number of carbonyl (C=O) groups is 2. The summed E-state index contributed by atoms with van der Waals surface area (Å²) in [5.41, 5.74) is -0.691. The van der Waals surface area contributed by atoms with Crippen molar-refractivity contribution < 1.29 is 33.0 Å². The molecule has 2 amide bonds. The zero-order chi connectivity index (χ0) is 30.4. The molecule has 0 aliphatic rings. The van der Waals surface area contributed by atoms with E-state index in [0.29, 0.717) is 22.9 Å². The number of benzene rings is 1. The van der Waals surface area contributed by atoms with Crippen LogP contribution in [0.1, 0.15) is 38.2 Å². The van der Waals surface area contributed by atoms with E-state index in [1.54, 1.807) is 24.3 Å². The van der Waals surface area contributed by atoms with E-state index in [4.69, 9.17) is 23.4 Å². The molecule has 3 heterocycles. The highest BCUT2D eigenvalue weighted by Crippen LogP contribution is 2.42. The van der Waals surface area contributed by atoms with Gasteiger partial charge in [0.05, 0.1) is 38.2 Å². The first kappa shape index (κ1) is 30.2. The fourth-order valence-corrected chi connectivity index (χ4v) is 4.48. The van der Waals surface area contributed by atoms with Gasteiger partial charge in [0.25, 0.3) is 5.91 Å². The van der Waals surface area contributed by atoms with Crippen LogP contribution in [0.25, 0.3) is 16.3 Å². The second-order valence-electron chi connectivity index (χ2n) is 9.64. The van der Waals surface area contributed by atoms with Crippen molar-refractivity contribution in [1.82, 2.24) is 20.0 Å². The van der Waals surface area contributed by atoms with Crippen molar-refractivity contribution >= 4 is 34.1 Å². The van der Waals surface area contributed by atoms with Crippen LogP contribution in [0.5, 0.6) is 17.2 Å². The van der Waals surface area contributed by atoms with Gasteiger partial charge in [-0.1, -0.05) is 17.4 Å². The summed E-state index contributed by atoms with van der Waals surface area (Å²) in [5.74, 6) is -0.390. The van der Waals surface area contributed by atoms with Gasteiger partial charge in [-0.15, -0.1) is 10.2 Å². The van der Waals surface area contributed by atoms with Crippen LogP contribution in [0, 0.1) is 0 Å². The van der Waals surface area contributed by atoms with E-state index in [9.17, 15) is 14.4 Å². The van der Waals surface area contributed by atoms with Gasteiger partial charge in [-0.3, -0.25) is 14.9 Å². The average Bonchev–Trinajstić information content (AvgIpc) is 3.59. The molecule has 0 aliphatic carbocycles. The third-order valence-corrected chi connectivity index (χ3v) is 6.27. The summed E-state index contributed by atoms with van der Waals surface area (Å²) < 4.78 is 29.3. The lowest BCUT2D eigenvalue weighted by Crippen LogP contribution is -2.23. The van der Waals surface area contributed by atoms with E-state index in [0.717, 1.165) is 11.3 Å². The summed E-state index contributed by atoms with van der Waals surface area (Å²) in [6.45, 7) is 7.31. The van der Waals surface area contributed by atoms with Crippen LogP contribution in [-0.4, -0.2) is 64.8 Å². The molecule has 4 rings (SSSR count). The molecule has 0 unspecified atom stereocenters. The molecule has 42 heavy (non-hydrogen) atoms. The number of aromatic nitrogens is 4. The molecule has 0 spiro atoms. The minimum Gasteiger partial charge on any atom is -0.496 e. The minimum absolute atomic E-state index is 0.0412. The molecule has 0 bridgehead atoms. The Kier molecular flexibility index (Phi) is 9.22. The summed E-state index contributed by atoms with van der Waals surface area (Å²) in [4.78, 5) is 37.9. The molecule has 0 saturated heterocycles. The maximum Gasteiger partial charge on any atom is 0.379 e. The number of carbonyl (C=O) groups excluding carboxylic acids is 2. The number of amides is 2. The number of nitrogens with zero attached hydrogens (tertiary/aromatic N) is 4. The van der Waals surface area contributed by atoms with E-state index in [1.165, 1.54) is 38.1 Å². The van der Waals surface area contributed by atoms with Gasteiger partial charge in [-0.2, -0.15) is 9.78 Å². The van der Waals surface area contributed by atoms with Crippen molar-refractivity contribution in [2.45, 2.75) is 33.3 Å². The molecule has 222 valence electrons. The molecule has 3 aromatic heterocycles. The quantitative estimate of drug-likeness (QED) is 0.241. The predicted molar refractivity (Wildman–Crippen MR) is 154 cm³/mol. The number of ether oxygens (including phenoxy) is 4. The Labute approximate surface area is 244 Å². The fourth-order valence-electron chi connectivity index (χ4n) is 3.77. The topological polar surface area (TPSA) is 169 Å². The van der Waals surface area contributed by atoms with Gasteiger partial charge >= 0.3 is 5.63 Å². The molecular formula is C27H30N6O8S. The van der Waals surface area contributed by atoms with Crippen LogP contribution in [0.3, 0.4) is 0 Å². The molecule has 14 nitrogen and oxygen atoms in total. The Morgan fingerprint density at radius 2 is 1.76 bits per heavy atom. The minimum atomic E-state index is -0.893. The molecule has 0 radical (unpaired) electrons. The highest BCUT2D eigenvalue weighted by atomic mass is 32.1. The number of hydrogen-bond donors (Lipinski definition) is 2. The van der Waals surface area contributed by atoms with Crippen molar-refractivity contribution in [1.29, 1.82) is 0 Å². The van der Waals surface area contributed by atoms with Gasteiger partial charge in [-0.05, 0) is 39.0 Å². The maximum absolute atomic E-state index is 13.2. The summed E-state index contributed by atoms with van der Waals surface area (Å²) >= 11 is 0.987. The molecule has 0 aliphatic heterocycles. The largest absolute Gasteiger partial charge is 0.496 e. The SMILES string of the molecule is COc1cccc(OC)c1-c1cc(C(=O)Nc2nnc(-n3nccc3NC(C)=O)s2)oc(=O)c1OCCOC(C)(C)C. The zero-order valence-electron chi connectivity index (χ0n) is 23.8. The summed E-state index contributed by atoms with van der Waals surface area (Å²) in [5, 5.41) is 17.7. The third kappa shape index (κ3) is 7.11. The van der Waals surface area contributed by atoms with E-state index >= 15 is 0 Å². The molecule has 0 fully saturated rings. The van der Waals surface area contributed by atoms with Gasteiger partial charge in [-0.25, -0.2) is 4.79 Å². The molecule has 15 heteroatoms. The average molecular weight is 599 g/mol. The molecule has 0 saturated carbocycles. The number of nitrogens with one attached hydrogen (secondary N) is 2. The summed E-state index contributed by atoms with van der Waals surface area (Å²) in [7, 11) is 2.94. The first-order valence-corrected chi connectivity index (χ1v) is 13.5. The van der Waals surface area contributed by atoms with E-state index < -0.39 is 17.1 Å². The first-order chi connectivity index (χ1) is 20.0. The highest BCUT2D eigenvalue weighted by Gasteiger charge is 2.25. The lowest BCUT2D eigenvalue weighted by atomic mass is 10.0. The third-order valence-electron chi connectivity index (χ3n) is 5.46. The number of anilines is 2. The van der Waals surface area contributed by atoms with Crippen LogP contribution in [0.2, 0.25) is 0 Å². The number of hydrogen-bond acceptors (Lipinski definition) is 12. The normalized spacial score (nSPS) is 11.2. The molecule has 4 aromatic rings. The molecule has 0 atom stereocenters. The van der Waals surface area contributed by atoms with Crippen molar-refractivity contribution in [3.8, 4) is 33.5 Å². The lowest BCUT2D eigenvalue weighted by molar-refractivity contribution is -0.114. The molecular weight excluding hydrogens is 568 g/mol. The number of methoxy groups -OCH3 is 2. The first-order valence-electron chi connectivity index (χ1n) is 12.6. The van der Waals surface area contributed by atoms with Crippen molar-refractivity contribution in [3.63, 3.8) is 0 Å². The van der Waals surface area contributed by atoms with Crippen molar-refractivity contribution in [2.75, 3.05) is 38.1 Å². The van der Waals surface area contributed by atoms with Crippen LogP contribution in [0.15, 0.2) is 45.7 Å². The van der Waals surface area contributed by atoms with Crippen molar-refractivity contribution in [2.24, 2.45) is 0 Å². The molecule has 2 N–H and O–H groups in total. The van der Waals surface area contributed by atoms with Gasteiger partial charge in [0.1, 0.15) is 23.9 Å². The van der Waals surface area contributed by atoms with Gasteiger partial charge in [0, 0.05) is 18.6 Å². The van der Waals surface area contributed by atoms with Crippen LogP contribution >= 0.6 is 11.3 Å². The van der Waals surface area contributed by atoms with Crippen LogP contribution in [-0.2, 0) is 9.53 Å². The van der Waals surface area contributed by atoms with E-state index in [2.05, 4.69) is 25.9 Å². The zero-order valence-corrected chi connectivity index (χ0v) is 24.7. The van der Waals surface area contributed by atoms with E-state index in [-0.39, 0.29) is 46.5 Å². The lowest BCUT2D eigenvalue weighted by Gasteiger charge is -2.20. The predicted octanol–water partition coefficient (Wildman–Crippen LogP) is 3.77. The second-order valence-corrected chi connectivity index (χ2v) is 10.6. The van der Waals surface area contributed by atoms with Crippen LogP contribution in [0.4, 0.5) is 10.9 Å². The fraction of sp³-hybridized carbons (Fsp3) is 0.333. The molecule has 1 aromatic carbocycles. The van der Waals surface area contributed by atoms with Crippen molar-refractivity contribution in [3.05, 3.63) is 52.7 Å². The van der Waals surface area contributed by atoms with Gasteiger partial charge in [0.2, 0.25) is 21.9 Å². The Morgan fingerprint density at radius 1 is 1.05 bits per heavy atom. The van der Waals surface area contributed by atoms with E-state index in [1.807, 2.05) is 20.8 Å². The Balaban J connectivity index is 1.67. The second kappa shape index (κ2) is 12.8. The Bertz CT molecular complexity index is 1620. The van der Waals surface area contributed by atoms with Gasteiger partial charge in [0.15, 0.2) is 5.76 Å². The van der Waals surface area contributed by atoms with Gasteiger partial charge < -0.3 is 28.7 Å². The Hall–Kier alpha value is -4.76. The maximum atomic E-state index is 13.2.